The van der Waals surface area contributed by atoms with E-state index in [1.165, 1.54) is 16.3 Å². The van der Waals surface area contributed by atoms with Gasteiger partial charge < -0.3 is 19.1 Å². The summed E-state index contributed by atoms with van der Waals surface area (Å²) >= 11 is 19.7. The van der Waals surface area contributed by atoms with Crippen LogP contribution in [0.4, 0.5) is 5.13 Å². The summed E-state index contributed by atoms with van der Waals surface area (Å²) in [7, 11) is 4.63. The monoisotopic (exact) mass is 520 g/mol. The molecule has 0 saturated carbocycles. The highest BCUT2D eigenvalue weighted by molar-refractivity contribution is 7.16. The van der Waals surface area contributed by atoms with E-state index in [2.05, 4.69) is 10.1 Å². The van der Waals surface area contributed by atoms with Crippen LogP contribution in [0.15, 0.2) is 17.2 Å². The van der Waals surface area contributed by atoms with E-state index in [1.54, 1.807) is 33.5 Å². The van der Waals surface area contributed by atoms with Crippen molar-refractivity contribution in [1.82, 2.24) is 9.99 Å². The van der Waals surface area contributed by atoms with Crippen molar-refractivity contribution >= 4 is 63.4 Å². The number of benzene rings is 1. The van der Waals surface area contributed by atoms with Crippen LogP contribution in [0.1, 0.15) is 22.9 Å². The van der Waals surface area contributed by atoms with Gasteiger partial charge in [0.25, 0.3) is 0 Å². The van der Waals surface area contributed by atoms with Crippen molar-refractivity contribution in [2.45, 2.75) is 12.5 Å². The molecule has 0 bridgehead atoms. The van der Waals surface area contributed by atoms with Crippen molar-refractivity contribution in [3.63, 3.8) is 0 Å². The second kappa shape index (κ2) is 11.3. The first-order valence-corrected chi connectivity index (χ1v) is 11.9. The molecule has 0 radical (unpaired) electrons. The van der Waals surface area contributed by atoms with Gasteiger partial charge >= 0.3 is 0 Å². The molecule has 174 valence electrons. The van der Waals surface area contributed by atoms with E-state index in [-0.39, 0.29) is 6.04 Å². The lowest BCUT2D eigenvalue weighted by molar-refractivity contribution is -0.119. The van der Waals surface area contributed by atoms with E-state index in [0.717, 1.165) is 10.4 Å². The summed E-state index contributed by atoms with van der Waals surface area (Å²) in [6, 6.07) is 3.22. The number of carbonyl (C=O) groups excluding carboxylic acids is 1. The molecule has 32 heavy (non-hydrogen) atoms. The molecule has 1 aliphatic heterocycles. The summed E-state index contributed by atoms with van der Waals surface area (Å²) in [6.45, 7) is 1.18. The standard InChI is InChI=1S/C20H23Cl3N4O4S/c1-29-15-8-12(9-16(30-2)17(15)31-3)13-10-14(27(11-28)25-13)18-19(23)24-20(32-18)26(6-4-21)7-5-22/h8-9,11,14H,4-7,10H2,1-3H3. The van der Waals surface area contributed by atoms with Crippen molar-refractivity contribution in [2.75, 3.05) is 51.1 Å². The molecular formula is C20H23Cl3N4O4S. The molecule has 0 fully saturated rings. The summed E-state index contributed by atoms with van der Waals surface area (Å²) in [5.41, 5.74) is 1.44. The molecule has 1 amide bonds. The highest BCUT2D eigenvalue weighted by Crippen LogP contribution is 2.43. The molecule has 1 unspecified atom stereocenters. The number of methoxy groups -OCH3 is 3. The predicted octanol–water partition coefficient (Wildman–Crippen LogP) is 4.41. The molecule has 1 aromatic carbocycles. The van der Waals surface area contributed by atoms with Crippen LogP contribution >= 0.6 is 46.1 Å². The number of carbonyl (C=O) groups is 1. The summed E-state index contributed by atoms with van der Waals surface area (Å²) in [5, 5.41) is 6.90. The third kappa shape index (κ3) is 5.01. The lowest BCUT2D eigenvalue weighted by Gasteiger charge is -2.19. The van der Waals surface area contributed by atoms with Crippen LogP contribution in [-0.2, 0) is 4.79 Å². The van der Waals surface area contributed by atoms with Gasteiger partial charge in [-0.3, -0.25) is 4.79 Å². The smallest absolute Gasteiger partial charge is 0.230 e. The highest BCUT2D eigenvalue weighted by atomic mass is 35.5. The van der Waals surface area contributed by atoms with E-state index < -0.39 is 0 Å². The molecule has 0 aliphatic carbocycles. The van der Waals surface area contributed by atoms with E-state index in [1.807, 2.05) is 4.90 Å². The van der Waals surface area contributed by atoms with Gasteiger partial charge in [0.2, 0.25) is 12.2 Å². The molecule has 2 heterocycles. The maximum absolute atomic E-state index is 11.8. The Morgan fingerprint density at radius 2 is 1.78 bits per heavy atom. The Kier molecular flexibility index (Phi) is 8.70. The molecule has 0 N–H and O–H groups in total. The number of alkyl halides is 2. The first kappa shape index (κ1) is 24.7. The van der Waals surface area contributed by atoms with E-state index >= 15 is 0 Å². The fourth-order valence-corrected chi connectivity index (χ4v) is 5.29. The van der Waals surface area contributed by atoms with Crippen LogP contribution < -0.4 is 19.1 Å². The largest absolute Gasteiger partial charge is 0.493 e. The lowest BCUT2D eigenvalue weighted by Crippen LogP contribution is -2.27. The first-order valence-electron chi connectivity index (χ1n) is 9.65. The number of thiazole rings is 1. The average molecular weight is 522 g/mol. The number of halogens is 3. The minimum atomic E-state index is -0.380. The zero-order valence-corrected chi connectivity index (χ0v) is 20.9. The highest BCUT2D eigenvalue weighted by Gasteiger charge is 2.33. The van der Waals surface area contributed by atoms with Crippen molar-refractivity contribution in [1.29, 1.82) is 0 Å². The van der Waals surface area contributed by atoms with Gasteiger partial charge in [-0.15, -0.1) is 23.2 Å². The van der Waals surface area contributed by atoms with E-state index in [4.69, 9.17) is 49.0 Å². The van der Waals surface area contributed by atoms with Crippen LogP contribution in [0.3, 0.4) is 0 Å². The number of hydrogen-bond acceptors (Lipinski definition) is 8. The number of amides is 1. The minimum absolute atomic E-state index is 0.331. The molecule has 1 aliphatic rings. The van der Waals surface area contributed by atoms with Gasteiger partial charge in [0.05, 0.1) is 38.0 Å². The minimum Gasteiger partial charge on any atom is -0.493 e. The Balaban J connectivity index is 1.93. The Morgan fingerprint density at radius 3 is 2.28 bits per heavy atom. The number of nitrogens with zero attached hydrogens (tertiary/aromatic N) is 4. The second-order valence-corrected chi connectivity index (χ2v) is 8.81. The fourth-order valence-electron chi connectivity index (χ4n) is 3.41. The Bertz CT molecular complexity index is 957. The zero-order valence-electron chi connectivity index (χ0n) is 17.8. The average Bonchev–Trinajstić information content (AvgIpc) is 3.41. The summed E-state index contributed by atoms with van der Waals surface area (Å²) in [4.78, 5) is 19.0. The number of anilines is 1. The van der Waals surface area contributed by atoms with Gasteiger partial charge in [-0.05, 0) is 12.1 Å². The predicted molar refractivity (Wildman–Crippen MR) is 129 cm³/mol. The van der Waals surface area contributed by atoms with Gasteiger partial charge in [0.15, 0.2) is 16.6 Å². The fraction of sp³-hybridized carbons (Fsp3) is 0.450. The van der Waals surface area contributed by atoms with Crippen molar-refractivity contribution in [3.8, 4) is 17.2 Å². The van der Waals surface area contributed by atoms with Crippen molar-refractivity contribution < 1.29 is 19.0 Å². The van der Waals surface area contributed by atoms with E-state index in [0.29, 0.717) is 70.9 Å². The van der Waals surface area contributed by atoms with Gasteiger partial charge in [0, 0.05) is 36.8 Å². The quantitative estimate of drug-likeness (QED) is 0.322. The zero-order chi connectivity index (χ0) is 23.3. The Labute approximate surface area is 205 Å². The molecule has 1 atom stereocenters. The third-order valence-electron chi connectivity index (χ3n) is 4.93. The number of rotatable bonds is 11. The molecule has 3 rings (SSSR count). The second-order valence-electron chi connectivity index (χ2n) is 6.68. The van der Waals surface area contributed by atoms with Crippen LogP contribution in [0.2, 0.25) is 5.15 Å². The molecular weight excluding hydrogens is 499 g/mol. The van der Waals surface area contributed by atoms with Crippen molar-refractivity contribution in [3.05, 3.63) is 27.7 Å². The molecule has 1 aromatic heterocycles. The van der Waals surface area contributed by atoms with E-state index in [9.17, 15) is 4.79 Å². The lowest BCUT2D eigenvalue weighted by atomic mass is 10.0. The molecule has 0 spiro atoms. The maximum Gasteiger partial charge on any atom is 0.230 e. The van der Waals surface area contributed by atoms with Crippen LogP contribution in [0.5, 0.6) is 17.2 Å². The van der Waals surface area contributed by atoms with Crippen LogP contribution in [-0.4, -0.2) is 68.3 Å². The number of aromatic nitrogens is 1. The van der Waals surface area contributed by atoms with Gasteiger partial charge in [0.1, 0.15) is 5.15 Å². The maximum atomic E-state index is 11.8. The summed E-state index contributed by atoms with van der Waals surface area (Å²) in [6.07, 6.45) is 1.13. The Hall–Kier alpha value is -1.94. The van der Waals surface area contributed by atoms with Crippen LogP contribution in [0, 0.1) is 0 Å². The summed E-state index contributed by atoms with van der Waals surface area (Å²) < 4.78 is 16.3. The summed E-state index contributed by atoms with van der Waals surface area (Å²) in [5.74, 6) is 2.35. The third-order valence-corrected chi connectivity index (χ3v) is 6.88. The SMILES string of the molecule is COc1cc(C2=NN(C=O)C(c3sc(N(CCCl)CCCl)nc3Cl)C2)cc(OC)c1OC. The van der Waals surface area contributed by atoms with Gasteiger partial charge in [-0.1, -0.05) is 22.9 Å². The molecule has 0 saturated heterocycles. The number of hydrazone groups is 1. The first-order chi connectivity index (χ1) is 15.5. The number of hydrogen-bond donors (Lipinski definition) is 0. The van der Waals surface area contributed by atoms with Crippen LogP contribution in [0.25, 0.3) is 0 Å². The number of ether oxygens (including phenoxy) is 3. The normalized spacial score (nSPS) is 15.5. The topological polar surface area (TPSA) is 76.5 Å². The van der Waals surface area contributed by atoms with Gasteiger partial charge in [-0.2, -0.15) is 5.10 Å². The van der Waals surface area contributed by atoms with Crippen molar-refractivity contribution in [2.24, 2.45) is 5.10 Å². The molecule has 2 aromatic rings. The molecule has 12 heteroatoms. The molecule has 8 nitrogen and oxygen atoms in total. The Morgan fingerprint density at radius 1 is 1.16 bits per heavy atom. The van der Waals surface area contributed by atoms with Gasteiger partial charge in [-0.25, -0.2) is 9.99 Å².